The second-order valence-corrected chi connectivity index (χ2v) is 3.59. The van der Waals surface area contributed by atoms with Gasteiger partial charge < -0.3 is 10.2 Å². The second-order valence-electron chi connectivity index (χ2n) is 3.59. The number of amides is 1. The molecule has 0 aromatic rings. The van der Waals surface area contributed by atoms with Crippen LogP contribution in [0.2, 0.25) is 0 Å². The molecule has 0 fully saturated rings. The highest BCUT2D eigenvalue weighted by molar-refractivity contribution is 5.91. The largest absolute Gasteiger partial charge is 0.352 e. The molecule has 0 radical (unpaired) electrons. The fraction of sp³-hybridized carbons (Fsp3) is 0.583. The van der Waals surface area contributed by atoms with E-state index >= 15 is 0 Å². The van der Waals surface area contributed by atoms with Crippen molar-refractivity contribution in [3.63, 3.8) is 0 Å². The van der Waals surface area contributed by atoms with Gasteiger partial charge in [-0.1, -0.05) is 19.6 Å². The Labute approximate surface area is 106 Å². The number of nitrogens with zero attached hydrogens (tertiary/aromatic N) is 1. The molecule has 1 amide bonds. The van der Waals surface area contributed by atoms with E-state index < -0.39 is 0 Å². The van der Waals surface area contributed by atoms with E-state index in [0.29, 0.717) is 5.57 Å². The standard InChI is InChI=1S/C7H13NO.C5H11N.ClH/c1-4-5-8-7(9)6(2)3;1-4-5-6(2)3;/h2,4-5H2,1,3H3,(H,8,9);4H,1,5H2,2-3H3;1H. The minimum atomic E-state index is -0.0446. The lowest BCUT2D eigenvalue weighted by molar-refractivity contribution is -0.117. The summed E-state index contributed by atoms with van der Waals surface area (Å²) in [5, 5.41) is 2.69. The Balaban J connectivity index is -0.000000214. The Morgan fingerprint density at radius 1 is 1.44 bits per heavy atom. The highest BCUT2D eigenvalue weighted by Gasteiger charge is 1.96. The maximum absolute atomic E-state index is 10.7. The topological polar surface area (TPSA) is 32.3 Å². The summed E-state index contributed by atoms with van der Waals surface area (Å²) in [5.74, 6) is -0.0446. The lowest BCUT2D eigenvalue weighted by atomic mass is 10.3. The van der Waals surface area contributed by atoms with Crippen LogP contribution < -0.4 is 5.32 Å². The molecule has 96 valence electrons. The van der Waals surface area contributed by atoms with Gasteiger partial charge in [-0.2, -0.15) is 0 Å². The lowest BCUT2D eigenvalue weighted by Crippen LogP contribution is -2.24. The molecule has 0 spiro atoms. The van der Waals surface area contributed by atoms with Crippen LogP contribution in [0.3, 0.4) is 0 Å². The average Bonchev–Trinajstić information content (AvgIpc) is 2.14. The van der Waals surface area contributed by atoms with Crippen molar-refractivity contribution in [2.75, 3.05) is 27.2 Å². The summed E-state index contributed by atoms with van der Waals surface area (Å²) in [5.41, 5.74) is 0.573. The van der Waals surface area contributed by atoms with Crippen molar-refractivity contribution in [3.8, 4) is 0 Å². The molecule has 4 heteroatoms. The van der Waals surface area contributed by atoms with Gasteiger partial charge in [0.25, 0.3) is 0 Å². The first-order valence-electron chi connectivity index (χ1n) is 5.15. The van der Waals surface area contributed by atoms with Gasteiger partial charge in [-0.15, -0.1) is 19.0 Å². The van der Waals surface area contributed by atoms with Crippen LogP contribution in [0.4, 0.5) is 0 Å². The third kappa shape index (κ3) is 18.9. The van der Waals surface area contributed by atoms with Crippen molar-refractivity contribution in [3.05, 3.63) is 24.8 Å². The molecule has 0 heterocycles. The molecule has 0 rings (SSSR count). The molecule has 3 nitrogen and oxygen atoms in total. The summed E-state index contributed by atoms with van der Waals surface area (Å²) in [6, 6.07) is 0. The number of hydrogen-bond acceptors (Lipinski definition) is 2. The molecule has 0 aliphatic heterocycles. The normalized spacial score (nSPS) is 8.31. The van der Waals surface area contributed by atoms with Crippen LogP contribution in [0, 0.1) is 0 Å². The molecular weight excluding hydrogens is 224 g/mol. The zero-order chi connectivity index (χ0) is 12.3. The summed E-state index contributed by atoms with van der Waals surface area (Å²) in [6.07, 6.45) is 2.85. The monoisotopic (exact) mass is 248 g/mol. The van der Waals surface area contributed by atoms with Gasteiger partial charge in [0, 0.05) is 18.7 Å². The Kier molecular flexibility index (Phi) is 18.3. The van der Waals surface area contributed by atoms with Gasteiger partial charge in [0.2, 0.25) is 5.91 Å². The zero-order valence-electron chi connectivity index (χ0n) is 10.9. The van der Waals surface area contributed by atoms with Crippen molar-refractivity contribution in [2.24, 2.45) is 0 Å². The first-order chi connectivity index (χ1) is 6.95. The summed E-state index contributed by atoms with van der Waals surface area (Å²) < 4.78 is 0. The van der Waals surface area contributed by atoms with Crippen molar-refractivity contribution in [1.29, 1.82) is 0 Å². The number of hydrogen-bond donors (Lipinski definition) is 1. The predicted molar refractivity (Wildman–Crippen MR) is 74.1 cm³/mol. The van der Waals surface area contributed by atoms with E-state index in [-0.39, 0.29) is 18.3 Å². The smallest absolute Gasteiger partial charge is 0.246 e. The SMILES string of the molecule is C=C(C)C(=O)NCCC.C=CCN(C)C.Cl. The first-order valence-corrected chi connectivity index (χ1v) is 5.15. The third-order valence-corrected chi connectivity index (χ3v) is 1.42. The van der Waals surface area contributed by atoms with Gasteiger partial charge in [-0.05, 0) is 27.4 Å². The van der Waals surface area contributed by atoms with Crippen LogP contribution in [0.15, 0.2) is 24.8 Å². The average molecular weight is 249 g/mol. The van der Waals surface area contributed by atoms with Gasteiger partial charge >= 0.3 is 0 Å². The van der Waals surface area contributed by atoms with E-state index in [1.165, 1.54) is 0 Å². The Morgan fingerprint density at radius 3 is 2.12 bits per heavy atom. The van der Waals surface area contributed by atoms with Gasteiger partial charge in [-0.25, -0.2) is 0 Å². The van der Waals surface area contributed by atoms with Crippen molar-refractivity contribution in [2.45, 2.75) is 20.3 Å². The lowest BCUT2D eigenvalue weighted by Gasteiger charge is -2.01. The van der Waals surface area contributed by atoms with Gasteiger partial charge in [0.1, 0.15) is 0 Å². The van der Waals surface area contributed by atoms with Crippen LogP contribution in [-0.2, 0) is 4.79 Å². The van der Waals surface area contributed by atoms with E-state index in [0.717, 1.165) is 19.5 Å². The maximum atomic E-state index is 10.7. The quantitative estimate of drug-likeness (QED) is 0.598. The maximum Gasteiger partial charge on any atom is 0.246 e. The number of carbonyl (C=O) groups is 1. The summed E-state index contributed by atoms with van der Waals surface area (Å²) in [4.78, 5) is 12.8. The van der Waals surface area contributed by atoms with Crippen LogP contribution in [-0.4, -0.2) is 38.0 Å². The molecule has 0 aliphatic carbocycles. The highest BCUT2D eigenvalue weighted by Crippen LogP contribution is 1.84. The van der Waals surface area contributed by atoms with Crippen molar-refractivity contribution in [1.82, 2.24) is 10.2 Å². The molecule has 0 atom stereocenters. The summed E-state index contributed by atoms with van der Waals surface area (Å²) in [7, 11) is 4.03. The predicted octanol–water partition coefficient (Wildman–Crippen LogP) is 2.24. The summed E-state index contributed by atoms with van der Waals surface area (Å²) in [6.45, 7) is 12.5. The fourth-order valence-corrected chi connectivity index (χ4v) is 0.648. The van der Waals surface area contributed by atoms with Gasteiger partial charge in [0.05, 0.1) is 0 Å². The second kappa shape index (κ2) is 14.2. The molecule has 0 aliphatic rings. The summed E-state index contributed by atoms with van der Waals surface area (Å²) >= 11 is 0. The van der Waals surface area contributed by atoms with Crippen molar-refractivity contribution < 1.29 is 4.79 Å². The van der Waals surface area contributed by atoms with Crippen molar-refractivity contribution >= 4 is 18.3 Å². The Morgan fingerprint density at radius 2 is 1.94 bits per heavy atom. The first kappa shape index (κ1) is 20.6. The Bertz CT molecular complexity index is 203. The number of rotatable bonds is 5. The number of carbonyl (C=O) groups excluding carboxylic acids is 1. The third-order valence-electron chi connectivity index (χ3n) is 1.42. The van der Waals surface area contributed by atoms with E-state index in [1.54, 1.807) is 6.92 Å². The minimum Gasteiger partial charge on any atom is -0.352 e. The van der Waals surface area contributed by atoms with E-state index in [1.807, 2.05) is 27.1 Å². The minimum absolute atomic E-state index is 0. The van der Waals surface area contributed by atoms with Crippen LogP contribution in [0.5, 0.6) is 0 Å². The molecule has 0 saturated carbocycles. The van der Waals surface area contributed by atoms with Crippen LogP contribution in [0.1, 0.15) is 20.3 Å². The molecule has 1 N–H and O–H groups in total. The highest BCUT2D eigenvalue weighted by atomic mass is 35.5. The molecule has 0 unspecified atom stereocenters. The Hall–Kier alpha value is -0.800. The number of likely N-dealkylation sites (N-methyl/N-ethyl adjacent to an activating group) is 1. The molecule has 0 bridgehead atoms. The number of nitrogens with one attached hydrogen (secondary N) is 1. The molecule has 16 heavy (non-hydrogen) atoms. The fourth-order valence-electron chi connectivity index (χ4n) is 0.648. The molecule has 0 saturated heterocycles. The zero-order valence-corrected chi connectivity index (χ0v) is 11.7. The van der Waals surface area contributed by atoms with Crippen LogP contribution >= 0.6 is 12.4 Å². The molecule has 0 aromatic heterocycles. The van der Waals surface area contributed by atoms with Gasteiger partial charge in [-0.3, -0.25) is 4.79 Å². The molecular formula is C12H25ClN2O. The van der Waals surface area contributed by atoms with E-state index in [4.69, 9.17) is 0 Å². The van der Waals surface area contributed by atoms with Gasteiger partial charge in [0.15, 0.2) is 0 Å². The van der Waals surface area contributed by atoms with E-state index in [9.17, 15) is 4.79 Å². The number of halogens is 1. The molecule has 0 aromatic carbocycles. The van der Waals surface area contributed by atoms with Crippen LogP contribution in [0.25, 0.3) is 0 Å². The van der Waals surface area contributed by atoms with E-state index in [2.05, 4.69) is 23.4 Å².